The Morgan fingerprint density at radius 2 is 1.88 bits per heavy atom. The minimum atomic E-state index is 0.0129. The average molecular weight is 336 g/mol. The van der Waals surface area contributed by atoms with Crippen LogP contribution in [0.15, 0.2) is 54.9 Å². The van der Waals surface area contributed by atoms with Crippen molar-refractivity contribution in [2.75, 3.05) is 5.32 Å². The van der Waals surface area contributed by atoms with Crippen molar-refractivity contribution in [2.45, 2.75) is 26.7 Å². The summed E-state index contributed by atoms with van der Waals surface area (Å²) in [4.78, 5) is 20.3. The molecule has 0 spiro atoms. The van der Waals surface area contributed by atoms with Gasteiger partial charge in [0.05, 0.1) is 0 Å². The molecule has 1 aromatic carbocycles. The van der Waals surface area contributed by atoms with Crippen molar-refractivity contribution in [3.63, 3.8) is 0 Å². The first-order chi connectivity index (χ1) is 12.1. The van der Waals surface area contributed by atoms with Crippen LogP contribution in [-0.4, -0.2) is 20.4 Å². The van der Waals surface area contributed by atoms with Crippen LogP contribution < -0.4 is 10.1 Å². The zero-order chi connectivity index (χ0) is 17.6. The van der Waals surface area contributed by atoms with Crippen molar-refractivity contribution in [3.05, 3.63) is 60.7 Å². The molecule has 1 amide bonds. The van der Waals surface area contributed by atoms with Gasteiger partial charge < -0.3 is 14.6 Å². The Kier molecular flexibility index (Phi) is 5.09. The Bertz CT molecular complexity index is 842. The zero-order valence-electron chi connectivity index (χ0n) is 14.3. The molecule has 3 aromatic rings. The SMILES string of the molecule is CCCC(=O)Nc1ccc(Oc2cc(-n3cccc3)nc(C)n2)cc1. The third-order valence-corrected chi connectivity index (χ3v) is 3.51. The number of benzene rings is 1. The summed E-state index contributed by atoms with van der Waals surface area (Å²) in [5, 5.41) is 2.85. The Balaban J connectivity index is 1.73. The van der Waals surface area contributed by atoms with Gasteiger partial charge in [0.2, 0.25) is 11.8 Å². The fourth-order valence-electron chi connectivity index (χ4n) is 2.37. The minimum absolute atomic E-state index is 0.0129. The van der Waals surface area contributed by atoms with Crippen molar-refractivity contribution in [1.29, 1.82) is 0 Å². The van der Waals surface area contributed by atoms with E-state index in [2.05, 4.69) is 15.3 Å². The van der Waals surface area contributed by atoms with E-state index in [1.807, 2.05) is 55.1 Å². The molecule has 0 aliphatic rings. The number of nitrogens with zero attached hydrogens (tertiary/aromatic N) is 3. The van der Waals surface area contributed by atoms with Gasteiger partial charge >= 0.3 is 0 Å². The summed E-state index contributed by atoms with van der Waals surface area (Å²) >= 11 is 0. The summed E-state index contributed by atoms with van der Waals surface area (Å²) in [5.41, 5.74) is 0.748. The molecule has 0 unspecified atom stereocenters. The molecule has 6 nitrogen and oxygen atoms in total. The van der Waals surface area contributed by atoms with E-state index >= 15 is 0 Å². The Labute approximate surface area is 146 Å². The van der Waals surface area contributed by atoms with Gasteiger partial charge in [-0.3, -0.25) is 4.79 Å². The first-order valence-corrected chi connectivity index (χ1v) is 8.21. The van der Waals surface area contributed by atoms with E-state index in [4.69, 9.17) is 4.74 Å². The number of nitrogens with one attached hydrogen (secondary N) is 1. The number of amides is 1. The summed E-state index contributed by atoms with van der Waals surface area (Å²) < 4.78 is 7.72. The van der Waals surface area contributed by atoms with Crippen LogP contribution in [0.2, 0.25) is 0 Å². The molecule has 6 heteroatoms. The van der Waals surface area contributed by atoms with Crippen LogP contribution in [0.5, 0.6) is 11.6 Å². The Hall–Kier alpha value is -3.15. The number of aromatic nitrogens is 3. The number of anilines is 1. The Morgan fingerprint density at radius 1 is 1.16 bits per heavy atom. The van der Waals surface area contributed by atoms with Crippen molar-refractivity contribution in [2.24, 2.45) is 0 Å². The van der Waals surface area contributed by atoms with E-state index < -0.39 is 0 Å². The molecule has 0 saturated heterocycles. The fraction of sp³-hybridized carbons (Fsp3) is 0.211. The van der Waals surface area contributed by atoms with Crippen molar-refractivity contribution in [1.82, 2.24) is 14.5 Å². The smallest absolute Gasteiger partial charge is 0.224 e. The summed E-state index contributed by atoms with van der Waals surface area (Å²) in [6.07, 6.45) is 5.17. The molecular weight excluding hydrogens is 316 g/mol. The molecule has 128 valence electrons. The maximum atomic E-state index is 11.6. The number of carbonyl (C=O) groups is 1. The van der Waals surface area contributed by atoms with E-state index in [1.165, 1.54) is 0 Å². The molecule has 1 N–H and O–H groups in total. The minimum Gasteiger partial charge on any atom is -0.439 e. The molecule has 0 fully saturated rings. The van der Waals surface area contributed by atoms with Gasteiger partial charge in [-0.25, -0.2) is 4.98 Å². The van der Waals surface area contributed by atoms with E-state index in [0.29, 0.717) is 23.9 Å². The lowest BCUT2D eigenvalue weighted by atomic mass is 10.2. The van der Waals surface area contributed by atoms with Crippen molar-refractivity contribution < 1.29 is 9.53 Å². The van der Waals surface area contributed by atoms with Crippen LogP contribution in [0.4, 0.5) is 5.69 Å². The highest BCUT2D eigenvalue weighted by molar-refractivity contribution is 5.90. The predicted molar refractivity (Wildman–Crippen MR) is 96.1 cm³/mol. The van der Waals surface area contributed by atoms with Crippen LogP contribution in [0.25, 0.3) is 5.82 Å². The molecule has 0 bridgehead atoms. The van der Waals surface area contributed by atoms with E-state index in [0.717, 1.165) is 17.9 Å². The van der Waals surface area contributed by atoms with E-state index in [-0.39, 0.29) is 5.91 Å². The molecule has 0 atom stereocenters. The quantitative estimate of drug-likeness (QED) is 0.735. The second-order valence-electron chi connectivity index (χ2n) is 5.63. The predicted octanol–water partition coefficient (Wildman–Crippen LogP) is 4.11. The molecule has 0 aliphatic heterocycles. The molecule has 2 aromatic heterocycles. The maximum absolute atomic E-state index is 11.6. The number of carbonyl (C=O) groups excluding carboxylic acids is 1. The van der Waals surface area contributed by atoms with Crippen LogP contribution >= 0.6 is 0 Å². The van der Waals surface area contributed by atoms with E-state index in [9.17, 15) is 4.79 Å². The second kappa shape index (κ2) is 7.61. The monoisotopic (exact) mass is 336 g/mol. The molecular formula is C19H20N4O2. The highest BCUT2D eigenvalue weighted by Crippen LogP contribution is 2.23. The lowest BCUT2D eigenvalue weighted by molar-refractivity contribution is -0.116. The van der Waals surface area contributed by atoms with Gasteiger partial charge in [0.25, 0.3) is 0 Å². The van der Waals surface area contributed by atoms with Gasteiger partial charge in [-0.2, -0.15) is 4.98 Å². The molecule has 0 saturated carbocycles. The number of hydrogen-bond acceptors (Lipinski definition) is 4. The standard InChI is InChI=1S/C19H20N4O2/c1-3-6-18(24)22-15-7-9-16(10-8-15)25-19-13-17(20-14(2)21-19)23-11-4-5-12-23/h4-5,7-13H,3,6H2,1-2H3,(H,22,24). The van der Waals surface area contributed by atoms with Crippen molar-refractivity contribution >= 4 is 11.6 Å². The molecule has 0 aliphatic carbocycles. The van der Waals surface area contributed by atoms with Gasteiger partial charge in [-0.15, -0.1) is 0 Å². The highest BCUT2D eigenvalue weighted by Gasteiger charge is 2.06. The van der Waals surface area contributed by atoms with Gasteiger partial charge in [0.1, 0.15) is 17.4 Å². The summed E-state index contributed by atoms with van der Waals surface area (Å²) in [7, 11) is 0. The summed E-state index contributed by atoms with van der Waals surface area (Å²) in [6, 6.07) is 12.9. The summed E-state index contributed by atoms with van der Waals surface area (Å²) in [6.45, 7) is 3.80. The molecule has 0 radical (unpaired) electrons. The highest BCUT2D eigenvalue weighted by atomic mass is 16.5. The van der Waals surface area contributed by atoms with Gasteiger partial charge in [-0.1, -0.05) is 6.92 Å². The van der Waals surface area contributed by atoms with Gasteiger partial charge in [-0.05, 0) is 49.7 Å². The third kappa shape index (κ3) is 4.44. The zero-order valence-corrected chi connectivity index (χ0v) is 14.3. The number of ether oxygens (including phenoxy) is 1. The van der Waals surface area contributed by atoms with Gasteiger partial charge in [0.15, 0.2) is 0 Å². The second-order valence-corrected chi connectivity index (χ2v) is 5.63. The van der Waals surface area contributed by atoms with Crippen LogP contribution in [0.1, 0.15) is 25.6 Å². The fourth-order valence-corrected chi connectivity index (χ4v) is 2.37. The Morgan fingerprint density at radius 3 is 2.56 bits per heavy atom. The molecule has 2 heterocycles. The maximum Gasteiger partial charge on any atom is 0.224 e. The molecule has 25 heavy (non-hydrogen) atoms. The topological polar surface area (TPSA) is 69.0 Å². The first kappa shape index (κ1) is 16.7. The largest absolute Gasteiger partial charge is 0.439 e. The normalized spacial score (nSPS) is 10.5. The van der Waals surface area contributed by atoms with Gasteiger partial charge in [0, 0.05) is 30.6 Å². The van der Waals surface area contributed by atoms with Crippen LogP contribution in [0.3, 0.4) is 0 Å². The van der Waals surface area contributed by atoms with Crippen molar-refractivity contribution in [3.8, 4) is 17.4 Å². The summed E-state index contributed by atoms with van der Waals surface area (Å²) in [5.74, 6) is 2.50. The number of rotatable bonds is 6. The number of aryl methyl sites for hydroxylation is 1. The first-order valence-electron chi connectivity index (χ1n) is 8.21. The number of hydrogen-bond donors (Lipinski definition) is 1. The lowest BCUT2D eigenvalue weighted by Gasteiger charge is -2.09. The van der Waals surface area contributed by atoms with Crippen LogP contribution in [-0.2, 0) is 4.79 Å². The lowest BCUT2D eigenvalue weighted by Crippen LogP contribution is -2.10. The third-order valence-electron chi connectivity index (χ3n) is 3.51. The average Bonchev–Trinajstić information content (AvgIpc) is 3.11. The van der Waals surface area contributed by atoms with E-state index in [1.54, 1.807) is 18.2 Å². The molecule has 3 rings (SSSR count). The van der Waals surface area contributed by atoms with Crippen LogP contribution in [0, 0.1) is 6.92 Å².